The van der Waals surface area contributed by atoms with E-state index in [1.807, 2.05) is 26.0 Å². The van der Waals surface area contributed by atoms with Crippen LogP contribution in [0.25, 0.3) is 0 Å². The van der Waals surface area contributed by atoms with Gasteiger partial charge in [0.1, 0.15) is 16.7 Å². The first-order valence-corrected chi connectivity index (χ1v) is 14.9. The van der Waals surface area contributed by atoms with E-state index in [1.165, 1.54) is 34.8 Å². The number of hydrogen-bond acceptors (Lipinski definition) is 5. The van der Waals surface area contributed by atoms with Crippen LogP contribution in [0.1, 0.15) is 40.7 Å². The monoisotopic (exact) mass is 554 g/mol. The van der Waals surface area contributed by atoms with Crippen molar-refractivity contribution >= 4 is 22.8 Å². The zero-order valence-corrected chi connectivity index (χ0v) is 24.7. The van der Waals surface area contributed by atoms with Crippen molar-refractivity contribution in [2.45, 2.75) is 51.0 Å². The Morgan fingerprint density at radius 1 is 1.05 bits per heavy atom. The lowest BCUT2D eigenvalue weighted by molar-refractivity contribution is -0.132. The lowest BCUT2D eigenvalue weighted by Gasteiger charge is -2.20. The van der Waals surface area contributed by atoms with Crippen molar-refractivity contribution in [2.75, 3.05) is 53.9 Å². The van der Waals surface area contributed by atoms with Crippen LogP contribution in [0.2, 0.25) is 0 Å². The number of amides is 2. The van der Waals surface area contributed by atoms with Crippen LogP contribution in [0.3, 0.4) is 0 Å². The van der Waals surface area contributed by atoms with Gasteiger partial charge in [0.2, 0.25) is 11.8 Å². The van der Waals surface area contributed by atoms with Crippen molar-refractivity contribution < 1.29 is 18.5 Å². The van der Waals surface area contributed by atoms with Crippen LogP contribution in [0, 0.1) is 19.8 Å². The molecule has 1 heterocycles. The van der Waals surface area contributed by atoms with Gasteiger partial charge in [0.15, 0.2) is 0 Å². The maximum Gasteiger partial charge on any atom is 0.242 e. The van der Waals surface area contributed by atoms with Gasteiger partial charge in [-0.1, -0.05) is 18.2 Å². The molecule has 39 heavy (non-hydrogen) atoms. The largest absolute Gasteiger partial charge is 0.497 e. The van der Waals surface area contributed by atoms with Gasteiger partial charge in [-0.3, -0.25) is 9.59 Å². The van der Waals surface area contributed by atoms with Crippen molar-refractivity contribution in [3.8, 4) is 5.75 Å². The highest BCUT2D eigenvalue weighted by Crippen LogP contribution is 2.30. The Morgan fingerprint density at radius 3 is 2.36 bits per heavy atom. The fraction of sp³-hybridized carbons (Fsp3) is 0.533. The molecular formula is C30H42N4O4S. The predicted octanol–water partition coefficient (Wildman–Crippen LogP) is 2.85. The van der Waals surface area contributed by atoms with Gasteiger partial charge in [0.25, 0.3) is 0 Å². The molecule has 0 spiro atoms. The Kier molecular flexibility index (Phi) is 9.80. The van der Waals surface area contributed by atoms with Crippen LogP contribution in [-0.4, -0.2) is 84.1 Å². The highest BCUT2D eigenvalue weighted by molar-refractivity contribution is 7.82. The van der Waals surface area contributed by atoms with Crippen LogP contribution in [0.15, 0.2) is 35.2 Å². The average Bonchev–Trinajstić information content (AvgIpc) is 3.74. The van der Waals surface area contributed by atoms with Crippen LogP contribution in [0.5, 0.6) is 5.75 Å². The number of rotatable bonds is 11. The number of benzene rings is 2. The number of likely N-dealkylation sites (N-methyl/N-ethyl adjacent to an activating group) is 2. The number of carbonyl (C=O) groups is 2. The second-order valence-electron chi connectivity index (χ2n) is 11.0. The number of ether oxygens (including phenoxy) is 1. The van der Waals surface area contributed by atoms with E-state index < -0.39 is 11.0 Å². The normalized spacial score (nSPS) is 16.4. The van der Waals surface area contributed by atoms with Crippen molar-refractivity contribution in [3.05, 3.63) is 58.1 Å². The summed E-state index contributed by atoms with van der Waals surface area (Å²) >= 11 is 0. The molecule has 2 aromatic carbocycles. The second kappa shape index (κ2) is 13.1. The number of hydrogen-bond donors (Lipinski definition) is 1. The van der Waals surface area contributed by atoms with Gasteiger partial charge in [-0.2, -0.15) is 0 Å². The smallest absolute Gasteiger partial charge is 0.242 e. The molecule has 1 aliphatic heterocycles. The standard InChI is InChI=1S/C30H42N4O4S/c1-21-14-27(38-5)15-22(2)30(21)39(37)33(4)20-28(35)31-17-29(36)32(3)18-24-8-9-25-10-12-34(19-23-6-7-23)13-11-26(25)16-24/h8-9,14-16,23H,6-7,10-13,17-20H2,1-5H3,(H,31,35). The summed E-state index contributed by atoms with van der Waals surface area (Å²) in [6.45, 7) is 7.52. The maximum absolute atomic E-state index is 13.1. The third-order valence-electron chi connectivity index (χ3n) is 7.65. The molecule has 0 aromatic heterocycles. The van der Waals surface area contributed by atoms with Gasteiger partial charge < -0.3 is 19.9 Å². The third-order valence-corrected chi connectivity index (χ3v) is 9.34. The molecule has 1 atom stereocenters. The van der Waals surface area contributed by atoms with Crippen molar-refractivity contribution in [2.24, 2.45) is 5.92 Å². The van der Waals surface area contributed by atoms with E-state index in [-0.39, 0.29) is 24.9 Å². The Morgan fingerprint density at radius 2 is 1.72 bits per heavy atom. The minimum absolute atomic E-state index is 0.0862. The molecule has 8 nitrogen and oxygen atoms in total. The predicted molar refractivity (Wildman–Crippen MR) is 154 cm³/mol. The number of methoxy groups -OCH3 is 1. The first-order chi connectivity index (χ1) is 18.6. The molecule has 212 valence electrons. The fourth-order valence-electron chi connectivity index (χ4n) is 5.22. The average molecular weight is 555 g/mol. The summed E-state index contributed by atoms with van der Waals surface area (Å²) in [5.74, 6) is 1.10. The molecule has 1 fully saturated rings. The van der Waals surface area contributed by atoms with E-state index >= 15 is 0 Å². The summed E-state index contributed by atoms with van der Waals surface area (Å²) in [5, 5.41) is 2.69. The first-order valence-electron chi connectivity index (χ1n) is 13.8. The van der Waals surface area contributed by atoms with Gasteiger partial charge in [0.05, 0.1) is 25.1 Å². The summed E-state index contributed by atoms with van der Waals surface area (Å²) in [7, 11) is 3.47. The van der Waals surface area contributed by atoms with E-state index in [9.17, 15) is 13.8 Å². The zero-order chi connectivity index (χ0) is 28.1. The topological polar surface area (TPSA) is 82.2 Å². The Bertz CT molecular complexity index is 1210. The van der Waals surface area contributed by atoms with E-state index in [4.69, 9.17) is 4.74 Å². The molecule has 2 aromatic rings. The van der Waals surface area contributed by atoms with Gasteiger partial charge in [-0.05, 0) is 85.4 Å². The molecule has 4 rings (SSSR count). The van der Waals surface area contributed by atoms with Crippen LogP contribution in [0.4, 0.5) is 0 Å². The Labute approximate surface area is 235 Å². The van der Waals surface area contributed by atoms with E-state index in [0.29, 0.717) is 17.2 Å². The number of aryl methyl sites for hydroxylation is 2. The van der Waals surface area contributed by atoms with E-state index in [1.54, 1.807) is 26.1 Å². The highest BCUT2D eigenvalue weighted by Gasteiger charge is 2.25. The van der Waals surface area contributed by atoms with Crippen molar-refractivity contribution in [1.82, 2.24) is 19.4 Å². The molecular weight excluding hydrogens is 512 g/mol. The summed E-state index contributed by atoms with van der Waals surface area (Å²) in [6.07, 6.45) is 4.90. The van der Waals surface area contributed by atoms with Crippen molar-refractivity contribution in [3.63, 3.8) is 0 Å². The molecule has 0 saturated heterocycles. The second-order valence-corrected chi connectivity index (χ2v) is 12.5. The molecule has 1 N–H and O–H groups in total. The van der Waals surface area contributed by atoms with Gasteiger partial charge >= 0.3 is 0 Å². The molecule has 2 amide bonds. The molecule has 2 aliphatic rings. The quantitative estimate of drug-likeness (QED) is 0.462. The molecule has 9 heteroatoms. The zero-order valence-electron chi connectivity index (χ0n) is 23.9. The Hall–Kier alpha value is -2.75. The van der Waals surface area contributed by atoms with E-state index in [2.05, 4.69) is 28.4 Å². The van der Waals surface area contributed by atoms with Gasteiger partial charge in [-0.25, -0.2) is 8.51 Å². The van der Waals surface area contributed by atoms with Crippen LogP contribution >= 0.6 is 0 Å². The van der Waals surface area contributed by atoms with Crippen molar-refractivity contribution in [1.29, 1.82) is 0 Å². The summed E-state index contributed by atoms with van der Waals surface area (Å²) in [6, 6.07) is 10.2. The first kappa shape index (κ1) is 29.2. The Balaban J connectivity index is 1.24. The molecule has 0 radical (unpaired) electrons. The van der Waals surface area contributed by atoms with Gasteiger partial charge in [0, 0.05) is 40.3 Å². The maximum atomic E-state index is 13.1. The summed E-state index contributed by atoms with van der Waals surface area (Å²) < 4.78 is 19.9. The SMILES string of the molecule is COc1cc(C)c(S(=O)N(C)CC(=O)NCC(=O)N(C)Cc2ccc3c(c2)CCN(CC2CC2)CC3)c(C)c1. The number of carbonyl (C=O) groups excluding carboxylic acids is 2. The minimum Gasteiger partial charge on any atom is -0.497 e. The molecule has 1 aliphatic carbocycles. The van der Waals surface area contributed by atoms with E-state index in [0.717, 1.165) is 48.5 Å². The third kappa shape index (κ3) is 7.90. The molecule has 1 unspecified atom stereocenters. The van der Waals surface area contributed by atoms with Crippen LogP contribution in [-0.2, 0) is 40.0 Å². The van der Waals surface area contributed by atoms with Gasteiger partial charge in [-0.15, -0.1) is 0 Å². The summed E-state index contributed by atoms with van der Waals surface area (Å²) in [5.41, 5.74) is 5.58. The molecule has 1 saturated carbocycles. The minimum atomic E-state index is -1.52. The fourth-order valence-corrected chi connectivity index (χ4v) is 6.43. The number of fused-ring (bicyclic) bond motifs is 1. The summed E-state index contributed by atoms with van der Waals surface area (Å²) in [4.78, 5) is 30.2. The molecule has 0 bridgehead atoms. The number of nitrogens with one attached hydrogen (secondary N) is 1. The van der Waals surface area contributed by atoms with Crippen LogP contribution < -0.4 is 10.1 Å². The lowest BCUT2D eigenvalue weighted by Crippen LogP contribution is -2.42. The highest BCUT2D eigenvalue weighted by atomic mass is 32.2. The lowest BCUT2D eigenvalue weighted by atomic mass is 10.00. The number of nitrogens with zero attached hydrogens (tertiary/aromatic N) is 3.